The van der Waals surface area contributed by atoms with Crippen LogP contribution in [-0.4, -0.2) is 72.2 Å². The van der Waals surface area contributed by atoms with Gasteiger partial charge in [-0.15, -0.1) is 17.0 Å². The monoisotopic (exact) mass is 744 g/mol. The van der Waals surface area contributed by atoms with Crippen molar-refractivity contribution in [3.05, 3.63) is 83.3 Å². The highest BCUT2D eigenvalue weighted by atomic mass is 32.2. The minimum atomic E-state index is -0.574. The van der Waals surface area contributed by atoms with Gasteiger partial charge in [-0.2, -0.15) is 5.10 Å². The van der Waals surface area contributed by atoms with Crippen molar-refractivity contribution in [2.45, 2.75) is 72.1 Å². The van der Waals surface area contributed by atoms with E-state index >= 15 is 4.39 Å². The molecule has 284 valence electrons. The number of hydrogen-bond donors (Lipinski definition) is 1. The maximum absolute atomic E-state index is 15.7. The highest BCUT2D eigenvalue weighted by Crippen LogP contribution is 2.38. The number of aliphatic imine (C=N–C) groups is 1. The van der Waals surface area contributed by atoms with E-state index in [-0.39, 0.29) is 34.3 Å². The van der Waals surface area contributed by atoms with Crippen LogP contribution in [-0.2, 0) is 4.79 Å². The number of allylic oxidation sites excluding steroid dienone is 4. The molecule has 11 nitrogen and oxygen atoms in total. The molecule has 3 heterocycles. The van der Waals surface area contributed by atoms with E-state index in [2.05, 4.69) is 28.8 Å². The second-order valence-corrected chi connectivity index (χ2v) is 14.0. The Kier molecular flexibility index (Phi) is 17.3. The number of amidine groups is 1. The molecule has 1 unspecified atom stereocenters. The molecular formula is C40H53FN8O3S. The zero-order valence-electron chi connectivity index (χ0n) is 32.2. The molecule has 0 fully saturated rings. The van der Waals surface area contributed by atoms with Crippen LogP contribution < -0.4 is 20.1 Å². The zero-order chi connectivity index (χ0) is 38.9. The number of nitrogens with two attached hydrogens (primary N) is 1. The van der Waals surface area contributed by atoms with Gasteiger partial charge in [0.2, 0.25) is 0 Å². The first kappa shape index (κ1) is 42.5. The van der Waals surface area contributed by atoms with Gasteiger partial charge in [-0.25, -0.2) is 19.4 Å². The number of fused-ring (bicyclic) bond motifs is 1. The Morgan fingerprint density at radius 3 is 2.70 bits per heavy atom. The summed E-state index contributed by atoms with van der Waals surface area (Å²) in [7, 11) is 3.93. The maximum Gasteiger partial charge on any atom is 0.292 e. The van der Waals surface area contributed by atoms with Gasteiger partial charge in [-0.3, -0.25) is 4.79 Å². The van der Waals surface area contributed by atoms with Crippen LogP contribution in [0.15, 0.2) is 81.2 Å². The van der Waals surface area contributed by atoms with Crippen LogP contribution in [0.4, 0.5) is 15.9 Å². The average Bonchev–Trinajstić information content (AvgIpc) is 3.26. The van der Waals surface area contributed by atoms with Crippen LogP contribution in [0.25, 0.3) is 0 Å². The molecule has 0 aliphatic carbocycles. The Bertz CT molecular complexity index is 1790. The minimum absolute atomic E-state index is 0.0259. The normalized spacial score (nSPS) is 16.7. The number of benzene rings is 1. The number of halogens is 1. The summed E-state index contributed by atoms with van der Waals surface area (Å²) in [4.78, 5) is 24.8. The fourth-order valence-corrected chi connectivity index (χ4v) is 6.41. The van der Waals surface area contributed by atoms with E-state index in [1.54, 1.807) is 73.6 Å². The van der Waals surface area contributed by atoms with Gasteiger partial charge in [0.15, 0.2) is 28.9 Å². The van der Waals surface area contributed by atoms with Gasteiger partial charge >= 0.3 is 0 Å². The van der Waals surface area contributed by atoms with Crippen molar-refractivity contribution in [3.63, 3.8) is 0 Å². The lowest BCUT2D eigenvalue weighted by atomic mass is 10.1. The molecule has 0 bridgehead atoms. The van der Waals surface area contributed by atoms with E-state index in [4.69, 9.17) is 20.2 Å². The fourth-order valence-electron chi connectivity index (χ4n) is 5.34. The van der Waals surface area contributed by atoms with E-state index in [9.17, 15) is 10.1 Å². The summed E-state index contributed by atoms with van der Waals surface area (Å²) in [6.45, 7) is 14.0. The number of rotatable bonds is 14. The van der Waals surface area contributed by atoms with Crippen molar-refractivity contribution in [3.8, 4) is 17.8 Å². The van der Waals surface area contributed by atoms with E-state index in [1.807, 2.05) is 51.1 Å². The van der Waals surface area contributed by atoms with Gasteiger partial charge in [-0.05, 0) is 77.9 Å². The lowest BCUT2D eigenvalue weighted by Gasteiger charge is -2.26. The van der Waals surface area contributed by atoms with Gasteiger partial charge in [-0.1, -0.05) is 45.8 Å². The Morgan fingerprint density at radius 1 is 1.26 bits per heavy atom. The van der Waals surface area contributed by atoms with Crippen LogP contribution in [0.1, 0.15) is 71.6 Å². The highest BCUT2D eigenvalue weighted by Gasteiger charge is 2.25. The summed E-state index contributed by atoms with van der Waals surface area (Å²) in [5.74, 6) is 2.72. The number of aromatic nitrogens is 1. The summed E-state index contributed by atoms with van der Waals surface area (Å²) in [5.41, 5.74) is 7.81. The first-order valence-corrected chi connectivity index (χ1v) is 18.9. The number of carbonyl (C=O) groups is 1. The number of nitrogens with zero attached hydrogens (tertiary/aromatic N) is 7. The van der Waals surface area contributed by atoms with Crippen molar-refractivity contribution in [1.29, 1.82) is 5.26 Å². The summed E-state index contributed by atoms with van der Waals surface area (Å²) >= 11 is 1.68. The Balaban J connectivity index is 0.000000743. The quantitative estimate of drug-likeness (QED) is 0.0663. The molecule has 0 spiro atoms. The predicted octanol–water partition coefficient (Wildman–Crippen LogP) is 8.25. The lowest BCUT2D eigenvalue weighted by Crippen LogP contribution is -2.31. The standard InChI is InChI=1S/C33H40FN7O2S.C7H13NO/c1-6-9-10-15-40-19-22(4)20-44-29-18-28(42-21-35)31(39-33(29)40)32(36)38-26-12-13-27(23(5)30(26)34)43-25-14-16-41(37-8-3)24(17-25)11-7-2;1-7(9)5-4-6-8(2)3/h8,11-14,16-18,22H,6-7,9-10,15,19-20H2,1-5H3,(H2,36,38);4-5H,6H2,1-3H3/b24-11+,37-8-;5-4+. The SMILES string of the molecule is C/C=N\N1C=CC(Oc2ccc(N=C(N)c3nc4c(cc3OC#N)SCC(C)CN4CCCCC)c(F)c2C)=C/C1=C\CC.CC(=O)/C=C/CN(C)C. The third-order valence-electron chi connectivity index (χ3n) is 7.91. The van der Waals surface area contributed by atoms with E-state index in [1.165, 1.54) is 6.07 Å². The second-order valence-electron chi connectivity index (χ2n) is 12.9. The number of anilines is 1. The largest absolute Gasteiger partial charge is 0.457 e. The Labute approximate surface area is 318 Å². The molecular weight excluding hydrogens is 692 g/mol. The summed E-state index contributed by atoms with van der Waals surface area (Å²) in [6.07, 6.45) is 18.4. The number of carbonyl (C=O) groups excluding carboxylic acids is 1. The number of hydrogen-bond acceptors (Lipinski definition) is 11. The maximum atomic E-state index is 15.7. The van der Waals surface area contributed by atoms with E-state index in [0.29, 0.717) is 17.4 Å². The fraction of sp³-hybridized carbons (Fsp3) is 0.425. The van der Waals surface area contributed by atoms with E-state index < -0.39 is 5.82 Å². The first-order chi connectivity index (χ1) is 25.4. The van der Waals surface area contributed by atoms with Gasteiger partial charge in [0.25, 0.3) is 6.26 Å². The van der Waals surface area contributed by atoms with Crippen molar-refractivity contribution < 1.29 is 18.7 Å². The molecule has 0 saturated carbocycles. The molecule has 1 aromatic heterocycles. The summed E-state index contributed by atoms with van der Waals surface area (Å²) < 4.78 is 27.0. The second kappa shape index (κ2) is 21.6. The van der Waals surface area contributed by atoms with Crippen molar-refractivity contribution in [2.24, 2.45) is 21.7 Å². The van der Waals surface area contributed by atoms with Crippen LogP contribution in [0, 0.1) is 30.2 Å². The van der Waals surface area contributed by atoms with Crippen molar-refractivity contribution in [1.82, 2.24) is 14.9 Å². The molecule has 0 amide bonds. The molecule has 2 N–H and O–H groups in total. The number of hydrazone groups is 1. The third-order valence-corrected chi connectivity index (χ3v) is 9.26. The molecule has 1 atom stereocenters. The van der Waals surface area contributed by atoms with Gasteiger partial charge in [0.05, 0.1) is 10.6 Å². The average molecular weight is 745 g/mol. The lowest BCUT2D eigenvalue weighted by molar-refractivity contribution is -0.112. The molecule has 4 rings (SSSR count). The van der Waals surface area contributed by atoms with Crippen LogP contribution in [0.2, 0.25) is 0 Å². The van der Waals surface area contributed by atoms with Crippen LogP contribution in [0.3, 0.4) is 0 Å². The third kappa shape index (κ3) is 12.9. The number of nitriles is 1. The van der Waals surface area contributed by atoms with Gasteiger partial charge in [0, 0.05) is 55.5 Å². The molecule has 53 heavy (non-hydrogen) atoms. The molecule has 2 aliphatic rings. The van der Waals surface area contributed by atoms with Crippen LogP contribution in [0.5, 0.6) is 11.5 Å². The molecule has 2 aromatic rings. The highest BCUT2D eigenvalue weighted by molar-refractivity contribution is 7.99. The smallest absolute Gasteiger partial charge is 0.292 e. The number of unbranched alkanes of at least 4 members (excludes halogenated alkanes) is 2. The predicted molar refractivity (Wildman–Crippen MR) is 214 cm³/mol. The van der Waals surface area contributed by atoms with Gasteiger partial charge in [0.1, 0.15) is 23.0 Å². The number of likely N-dealkylation sites (N-methyl/N-ethyl adjacent to an activating group) is 1. The summed E-state index contributed by atoms with van der Waals surface area (Å²) in [6, 6.07) is 4.96. The topological polar surface area (TPSA) is 133 Å². The number of ether oxygens (including phenoxy) is 2. The van der Waals surface area contributed by atoms with Gasteiger partial charge < -0.3 is 25.0 Å². The first-order valence-electron chi connectivity index (χ1n) is 17.9. The molecule has 2 aliphatic heterocycles. The Morgan fingerprint density at radius 2 is 2.04 bits per heavy atom. The molecule has 0 saturated heterocycles. The van der Waals surface area contributed by atoms with Crippen molar-refractivity contribution in [2.75, 3.05) is 44.4 Å². The van der Waals surface area contributed by atoms with Crippen LogP contribution >= 0.6 is 11.8 Å². The van der Waals surface area contributed by atoms with E-state index in [0.717, 1.165) is 67.5 Å². The molecule has 1 aromatic carbocycles. The number of pyridine rings is 1. The molecule has 13 heteroatoms. The zero-order valence-corrected chi connectivity index (χ0v) is 33.0. The minimum Gasteiger partial charge on any atom is -0.457 e. The summed E-state index contributed by atoms with van der Waals surface area (Å²) in [5, 5.41) is 15.4. The molecule has 0 radical (unpaired) electrons. The van der Waals surface area contributed by atoms with Crippen molar-refractivity contribution >= 4 is 41.1 Å². The Hall–Kier alpha value is -4.93. The number of thioether (sulfide) groups is 1. The number of ketones is 1.